The predicted molar refractivity (Wildman–Crippen MR) is 53.7 cm³/mol. The summed E-state index contributed by atoms with van der Waals surface area (Å²) in [6.45, 7) is 0. The minimum Gasteiger partial charge on any atom is -0.390 e. The highest BCUT2D eigenvalue weighted by atomic mass is 35.5. The topological polar surface area (TPSA) is 46.2 Å². The third-order valence-electron chi connectivity index (χ3n) is 4.31. The van der Waals surface area contributed by atoms with Crippen LogP contribution in [0.15, 0.2) is 0 Å². The number of aliphatic hydroxyl groups is 1. The molecule has 0 radical (unpaired) electrons. The van der Waals surface area contributed by atoms with E-state index in [4.69, 9.17) is 5.73 Å². The lowest BCUT2D eigenvalue weighted by molar-refractivity contribution is -0.132. The Balaban J connectivity index is 0.000000653. The quantitative estimate of drug-likeness (QED) is 0.624. The molecule has 4 rings (SSSR count). The van der Waals surface area contributed by atoms with Crippen molar-refractivity contribution in [3.8, 4) is 0 Å². The first-order valence-electron chi connectivity index (χ1n) is 5.14. The fraction of sp³-hybridized carbons (Fsp3) is 1.00. The van der Waals surface area contributed by atoms with E-state index >= 15 is 0 Å². The Morgan fingerprint density at radius 3 is 2.08 bits per heavy atom. The van der Waals surface area contributed by atoms with Gasteiger partial charge in [-0.25, -0.2) is 0 Å². The summed E-state index contributed by atoms with van der Waals surface area (Å²) < 4.78 is 0. The van der Waals surface area contributed by atoms with E-state index in [1.165, 1.54) is 12.8 Å². The van der Waals surface area contributed by atoms with Crippen LogP contribution in [-0.4, -0.2) is 16.7 Å². The van der Waals surface area contributed by atoms with Gasteiger partial charge in [-0.1, -0.05) is 0 Å². The van der Waals surface area contributed by atoms with Gasteiger partial charge in [0.25, 0.3) is 0 Å². The minimum absolute atomic E-state index is 0. The normalized spacial score (nSPS) is 57.7. The Kier molecular flexibility index (Phi) is 2.14. The van der Waals surface area contributed by atoms with Gasteiger partial charge in [0.2, 0.25) is 0 Å². The van der Waals surface area contributed by atoms with Crippen LogP contribution in [0.5, 0.6) is 0 Å². The lowest BCUT2D eigenvalue weighted by Gasteiger charge is -2.57. The summed E-state index contributed by atoms with van der Waals surface area (Å²) in [5.74, 6) is 2.08. The van der Waals surface area contributed by atoms with Crippen molar-refractivity contribution in [2.24, 2.45) is 23.5 Å². The van der Waals surface area contributed by atoms with Crippen molar-refractivity contribution in [1.82, 2.24) is 0 Å². The van der Waals surface area contributed by atoms with Crippen molar-refractivity contribution in [2.45, 2.75) is 43.7 Å². The molecule has 0 aliphatic heterocycles. The molecule has 0 aromatic rings. The maximum absolute atomic E-state index is 10.2. The number of hydrogen-bond donors (Lipinski definition) is 2. The zero-order chi connectivity index (χ0) is 8.34. The SMILES string of the molecule is Cl.N[C@H]1C2CC3CC1C[C@](O)(C3)C2. The Morgan fingerprint density at radius 2 is 1.62 bits per heavy atom. The van der Waals surface area contributed by atoms with Gasteiger partial charge in [-0.3, -0.25) is 0 Å². The van der Waals surface area contributed by atoms with Crippen molar-refractivity contribution in [3.63, 3.8) is 0 Å². The summed E-state index contributed by atoms with van der Waals surface area (Å²) in [6, 6.07) is 0.404. The van der Waals surface area contributed by atoms with E-state index in [1.807, 2.05) is 0 Å². The highest BCUT2D eigenvalue weighted by Crippen LogP contribution is 2.54. The summed E-state index contributed by atoms with van der Waals surface area (Å²) in [6.07, 6.45) is 5.62. The van der Waals surface area contributed by atoms with Crippen LogP contribution in [0.2, 0.25) is 0 Å². The molecule has 3 heteroatoms. The van der Waals surface area contributed by atoms with Gasteiger partial charge < -0.3 is 10.8 Å². The van der Waals surface area contributed by atoms with Crippen molar-refractivity contribution in [3.05, 3.63) is 0 Å². The summed E-state index contributed by atoms with van der Waals surface area (Å²) in [5.41, 5.74) is 5.82. The van der Waals surface area contributed by atoms with E-state index in [0.29, 0.717) is 17.9 Å². The van der Waals surface area contributed by atoms with E-state index in [1.54, 1.807) is 0 Å². The fourth-order valence-electron chi connectivity index (χ4n) is 4.02. The summed E-state index contributed by atoms with van der Waals surface area (Å²) in [4.78, 5) is 0. The molecular weight excluding hydrogens is 186 g/mol. The molecule has 0 spiro atoms. The largest absolute Gasteiger partial charge is 0.390 e. The molecule has 76 valence electrons. The smallest absolute Gasteiger partial charge is 0.0657 e. The van der Waals surface area contributed by atoms with Gasteiger partial charge in [-0.15, -0.1) is 12.4 Å². The molecule has 2 nitrogen and oxygen atoms in total. The highest BCUT2D eigenvalue weighted by Gasteiger charge is 2.53. The Labute approximate surface area is 85.3 Å². The average molecular weight is 204 g/mol. The van der Waals surface area contributed by atoms with Gasteiger partial charge in [0.15, 0.2) is 0 Å². The molecule has 2 unspecified atom stereocenters. The van der Waals surface area contributed by atoms with Gasteiger partial charge in [-0.05, 0) is 49.9 Å². The van der Waals surface area contributed by atoms with Gasteiger partial charge >= 0.3 is 0 Å². The van der Waals surface area contributed by atoms with Crippen LogP contribution in [0.1, 0.15) is 32.1 Å². The van der Waals surface area contributed by atoms with E-state index in [-0.39, 0.29) is 18.0 Å². The van der Waals surface area contributed by atoms with Gasteiger partial charge in [0, 0.05) is 6.04 Å². The molecule has 4 aliphatic carbocycles. The molecule has 0 aromatic heterocycles. The standard InChI is InChI=1S/C10H17NO.ClH/c11-9-7-1-6-2-8(9)5-10(12,3-6)4-7;/h6-9,12H,1-5,11H2;1H/t6?,7?,8?,9-,10-;. The van der Waals surface area contributed by atoms with E-state index < -0.39 is 0 Å². The number of halogens is 1. The van der Waals surface area contributed by atoms with Crippen molar-refractivity contribution < 1.29 is 5.11 Å². The maximum atomic E-state index is 10.2. The van der Waals surface area contributed by atoms with Gasteiger partial charge in [-0.2, -0.15) is 0 Å². The maximum Gasteiger partial charge on any atom is 0.0657 e. The molecule has 0 amide bonds. The molecule has 13 heavy (non-hydrogen) atoms. The average Bonchev–Trinajstić information content (AvgIpc) is 1.96. The lowest BCUT2D eigenvalue weighted by atomic mass is 9.52. The van der Waals surface area contributed by atoms with Gasteiger partial charge in [0.05, 0.1) is 5.60 Å². The van der Waals surface area contributed by atoms with Crippen LogP contribution in [0.3, 0.4) is 0 Å². The first kappa shape index (κ1) is 9.75. The first-order valence-corrected chi connectivity index (χ1v) is 5.14. The second-order valence-electron chi connectivity index (χ2n) is 5.27. The third-order valence-corrected chi connectivity index (χ3v) is 4.31. The molecule has 0 saturated heterocycles. The molecule has 0 aromatic carbocycles. The first-order chi connectivity index (χ1) is 5.66. The van der Waals surface area contributed by atoms with Crippen LogP contribution in [0.25, 0.3) is 0 Å². The van der Waals surface area contributed by atoms with Crippen LogP contribution < -0.4 is 5.73 Å². The fourth-order valence-corrected chi connectivity index (χ4v) is 4.02. The monoisotopic (exact) mass is 203 g/mol. The highest BCUT2D eigenvalue weighted by molar-refractivity contribution is 5.85. The molecule has 4 bridgehead atoms. The Hall–Kier alpha value is 0.210. The molecule has 4 fully saturated rings. The van der Waals surface area contributed by atoms with Crippen LogP contribution in [-0.2, 0) is 0 Å². The molecule has 2 atom stereocenters. The van der Waals surface area contributed by atoms with Crippen LogP contribution >= 0.6 is 12.4 Å². The van der Waals surface area contributed by atoms with Crippen LogP contribution in [0.4, 0.5) is 0 Å². The van der Waals surface area contributed by atoms with Crippen LogP contribution in [0, 0.1) is 17.8 Å². The summed E-state index contributed by atoms with van der Waals surface area (Å²) >= 11 is 0. The number of hydrogen-bond acceptors (Lipinski definition) is 2. The molecule has 0 heterocycles. The van der Waals surface area contributed by atoms with Crippen molar-refractivity contribution >= 4 is 12.4 Å². The van der Waals surface area contributed by atoms with Gasteiger partial charge in [0.1, 0.15) is 0 Å². The number of nitrogens with two attached hydrogens (primary N) is 1. The van der Waals surface area contributed by atoms with E-state index in [9.17, 15) is 5.11 Å². The summed E-state index contributed by atoms with van der Waals surface area (Å²) in [7, 11) is 0. The third kappa shape index (κ3) is 1.31. The van der Waals surface area contributed by atoms with E-state index in [2.05, 4.69) is 0 Å². The zero-order valence-electron chi connectivity index (χ0n) is 7.78. The molecule has 3 N–H and O–H groups in total. The summed E-state index contributed by atoms with van der Waals surface area (Å²) in [5, 5.41) is 10.2. The lowest BCUT2D eigenvalue weighted by Crippen LogP contribution is -2.59. The number of rotatable bonds is 0. The van der Waals surface area contributed by atoms with E-state index in [0.717, 1.165) is 25.2 Å². The zero-order valence-corrected chi connectivity index (χ0v) is 8.59. The van der Waals surface area contributed by atoms with Crippen molar-refractivity contribution in [2.75, 3.05) is 0 Å². The van der Waals surface area contributed by atoms with Crippen molar-refractivity contribution in [1.29, 1.82) is 0 Å². The second-order valence-corrected chi connectivity index (χ2v) is 5.27. The molecular formula is C10H18ClNO. The Bertz CT molecular complexity index is 205. The molecule has 4 saturated carbocycles. The predicted octanol–water partition coefficient (Wildman–Crippen LogP) is 1.31. The minimum atomic E-state index is -0.299. The Morgan fingerprint density at radius 1 is 1.08 bits per heavy atom. The second kappa shape index (κ2) is 2.85. The molecule has 4 aliphatic rings.